The van der Waals surface area contributed by atoms with Crippen molar-refractivity contribution in [2.75, 3.05) is 6.61 Å². The third kappa shape index (κ3) is 5.75. The molecule has 1 saturated carbocycles. The van der Waals surface area contributed by atoms with Crippen molar-refractivity contribution in [2.24, 2.45) is 0 Å². The number of carbonyl (C=O) groups is 1. The fourth-order valence-corrected chi connectivity index (χ4v) is 4.19. The molecule has 6 nitrogen and oxygen atoms in total. The predicted molar refractivity (Wildman–Crippen MR) is 120 cm³/mol. The highest BCUT2D eigenvalue weighted by Crippen LogP contribution is 2.43. The van der Waals surface area contributed by atoms with Crippen LogP contribution in [0, 0.1) is 0 Å². The molecule has 0 radical (unpaired) electrons. The lowest BCUT2D eigenvalue weighted by molar-refractivity contribution is 0.00568. The number of benzene rings is 1. The summed E-state index contributed by atoms with van der Waals surface area (Å²) < 4.78 is 11.2. The maximum Gasteiger partial charge on any atom is 0.361 e. The van der Waals surface area contributed by atoms with Crippen LogP contribution in [0.3, 0.4) is 0 Å². The molecule has 1 aliphatic carbocycles. The van der Waals surface area contributed by atoms with Crippen molar-refractivity contribution in [1.29, 1.82) is 0 Å². The second-order valence-electron chi connectivity index (χ2n) is 9.38. The number of aromatic hydroxyl groups is 1. The molecule has 0 saturated heterocycles. The molecular weight excluding hydrogens is 392 g/mol. The Balaban J connectivity index is 1.97. The fraction of sp³-hybridized carbons (Fsp3) is 0.560. The van der Waals surface area contributed by atoms with Gasteiger partial charge >= 0.3 is 5.97 Å². The standard InChI is InChI=1S/C25H34N2O4/c1-5-6-16-30-21-20(23(29)31-24(2,3)4)26-19(27-22(21)28)17-25(14-10-11-15-25)18-12-8-7-9-13-18/h7-9,12-13H,5-6,10-11,14-17H2,1-4H3,(H,26,27,28). The fourth-order valence-electron chi connectivity index (χ4n) is 4.19. The van der Waals surface area contributed by atoms with E-state index in [1.807, 2.05) is 25.1 Å². The minimum Gasteiger partial charge on any atom is -0.491 e. The highest BCUT2D eigenvalue weighted by Gasteiger charge is 2.37. The molecule has 3 rings (SSSR count). The van der Waals surface area contributed by atoms with Crippen LogP contribution in [0.25, 0.3) is 0 Å². The molecule has 0 unspecified atom stereocenters. The summed E-state index contributed by atoms with van der Waals surface area (Å²) in [4.78, 5) is 21.8. The monoisotopic (exact) mass is 426 g/mol. The average Bonchev–Trinajstić information content (AvgIpc) is 3.18. The van der Waals surface area contributed by atoms with Crippen molar-refractivity contribution in [3.63, 3.8) is 0 Å². The predicted octanol–water partition coefficient (Wildman–Crippen LogP) is 5.37. The number of hydrogen-bond acceptors (Lipinski definition) is 6. The molecule has 0 amide bonds. The van der Waals surface area contributed by atoms with E-state index in [1.54, 1.807) is 20.8 Å². The first kappa shape index (κ1) is 23.0. The summed E-state index contributed by atoms with van der Waals surface area (Å²) in [7, 11) is 0. The number of aromatic nitrogens is 2. The van der Waals surface area contributed by atoms with E-state index in [0.717, 1.165) is 38.5 Å². The van der Waals surface area contributed by atoms with Gasteiger partial charge in [-0.2, -0.15) is 4.98 Å². The Morgan fingerprint density at radius 3 is 2.42 bits per heavy atom. The van der Waals surface area contributed by atoms with E-state index in [4.69, 9.17) is 9.47 Å². The molecule has 6 heteroatoms. The summed E-state index contributed by atoms with van der Waals surface area (Å²) in [6, 6.07) is 10.4. The second-order valence-corrected chi connectivity index (χ2v) is 9.38. The van der Waals surface area contributed by atoms with Crippen LogP contribution >= 0.6 is 0 Å². The summed E-state index contributed by atoms with van der Waals surface area (Å²) in [5.41, 5.74) is 0.464. The largest absolute Gasteiger partial charge is 0.491 e. The molecule has 1 aliphatic rings. The molecule has 1 fully saturated rings. The van der Waals surface area contributed by atoms with E-state index in [-0.39, 0.29) is 22.7 Å². The quantitative estimate of drug-likeness (QED) is 0.451. The third-order valence-corrected chi connectivity index (χ3v) is 5.67. The van der Waals surface area contributed by atoms with Crippen LogP contribution in [-0.2, 0) is 16.6 Å². The topological polar surface area (TPSA) is 81.5 Å². The van der Waals surface area contributed by atoms with Crippen molar-refractivity contribution >= 4 is 5.97 Å². The highest BCUT2D eigenvalue weighted by atomic mass is 16.6. The number of hydrogen-bond donors (Lipinski definition) is 1. The van der Waals surface area contributed by atoms with Gasteiger partial charge in [-0.15, -0.1) is 0 Å². The molecular formula is C25H34N2O4. The van der Waals surface area contributed by atoms with Crippen molar-refractivity contribution in [3.8, 4) is 11.6 Å². The molecule has 168 valence electrons. The molecule has 0 atom stereocenters. The van der Waals surface area contributed by atoms with E-state index < -0.39 is 11.6 Å². The highest BCUT2D eigenvalue weighted by molar-refractivity contribution is 5.91. The smallest absolute Gasteiger partial charge is 0.361 e. The molecule has 31 heavy (non-hydrogen) atoms. The summed E-state index contributed by atoms with van der Waals surface area (Å²) >= 11 is 0. The Kier molecular flexibility index (Phi) is 7.19. The minimum absolute atomic E-state index is 0.00487. The molecule has 0 aliphatic heterocycles. The van der Waals surface area contributed by atoms with Crippen LogP contribution in [0.1, 0.15) is 88.1 Å². The third-order valence-electron chi connectivity index (χ3n) is 5.67. The summed E-state index contributed by atoms with van der Waals surface area (Å²) in [5.74, 6) is -0.472. The Labute approximate surface area is 185 Å². The van der Waals surface area contributed by atoms with E-state index in [1.165, 1.54) is 5.56 Å². The van der Waals surface area contributed by atoms with Gasteiger partial charge in [0.1, 0.15) is 11.4 Å². The lowest BCUT2D eigenvalue weighted by Crippen LogP contribution is -2.28. The lowest BCUT2D eigenvalue weighted by atomic mass is 9.76. The van der Waals surface area contributed by atoms with Gasteiger partial charge in [0.25, 0.3) is 5.88 Å². The number of esters is 1. The van der Waals surface area contributed by atoms with Gasteiger partial charge in [-0.25, -0.2) is 9.78 Å². The molecule has 1 aromatic carbocycles. The molecule has 2 aromatic rings. The number of ether oxygens (including phenoxy) is 2. The van der Waals surface area contributed by atoms with E-state index in [9.17, 15) is 9.90 Å². The van der Waals surface area contributed by atoms with Crippen molar-refractivity contribution in [3.05, 3.63) is 47.4 Å². The molecule has 1 heterocycles. The normalized spacial score (nSPS) is 15.6. The zero-order valence-electron chi connectivity index (χ0n) is 19.1. The zero-order chi connectivity index (χ0) is 22.5. The molecule has 0 bridgehead atoms. The van der Waals surface area contributed by atoms with Crippen LogP contribution < -0.4 is 4.74 Å². The van der Waals surface area contributed by atoms with Gasteiger partial charge in [0, 0.05) is 11.8 Å². The lowest BCUT2D eigenvalue weighted by Gasteiger charge is -2.29. The van der Waals surface area contributed by atoms with Crippen molar-refractivity contribution in [2.45, 2.75) is 83.7 Å². The van der Waals surface area contributed by atoms with Gasteiger partial charge < -0.3 is 14.6 Å². The zero-order valence-corrected chi connectivity index (χ0v) is 19.1. The summed E-state index contributed by atoms with van der Waals surface area (Å²) in [5, 5.41) is 10.7. The first-order chi connectivity index (χ1) is 14.7. The first-order valence-corrected chi connectivity index (χ1v) is 11.3. The van der Waals surface area contributed by atoms with Crippen LogP contribution in [0.5, 0.6) is 11.6 Å². The molecule has 1 N–H and O–H groups in total. The van der Waals surface area contributed by atoms with Gasteiger partial charge in [0.05, 0.1) is 6.61 Å². The number of carbonyl (C=O) groups excluding carboxylic acids is 1. The Morgan fingerprint density at radius 1 is 1.13 bits per heavy atom. The Morgan fingerprint density at radius 2 is 1.81 bits per heavy atom. The van der Waals surface area contributed by atoms with Gasteiger partial charge in [0.2, 0.25) is 5.75 Å². The van der Waals surface area contributed by atoms with Crippen molar-refractivity contribution in [1.82, 2.24) is 9.97 Å². The van der Waals surface area contributed by atoms with Crippen LogP contribution in [0.2, 0.25) is 0 Å². The van der Waals surface area contributed by atoms with Crippen LogP contribution in [-0.4, -0.2) is 33.3 Å². The second kappa shape index (κ2) is 9.67. The maximum absolute atomic E-state index is 12.9. The van der Waals surface area contributed by atoms with Crippen LogP contribution in [0.4, 0.5) is 0 Å². The van der Waals surface area contributed by atoms with Crippen molar-refractivity contribution < 1.29 is 19.4 Å². The van der Waals surface area contributed by atoms with E-state index >= 15 is 0 Å². The van der Waals surface area contributed by atoms with Gasteiger partial charge in [0.15, 0.2) is 5.69 Å². The minimum atomic E-state index is -0.685. The first-order valence-electron chi connectivity index (χ1n) is 11.3. The Bertz CT molecular complexity index is 884. The van der Waals surface area contributed by atoms with Gasteiger partial charge in [-0.3, -0.25) is 0 Å². The van der Waals surface area contributed by atoms with E-state index in [2.05, 4.69) is 22.1 Å². The number of nitrogens with zero attached hydrogens (tertiary/aromatic N) is 2. The number of unbranched alkanes of at least 4 members (excludes halogenated alkanes) is 1. The summed E-state index contributed by atoms with van der Waals surface area (Å²) in [6.07, 6.45) is 6.61. The average molecular weight is 427 g/mol. The Hall–Kier alpha value is -2.63. The van der Waals surface area contributed by atoms with E-state index in [0.29, 0.717) is 18.9 Å². The number of rotatable bonds is 8. The van der Waals surface area contributed by atoms with Gasteiger partial charge in [-0.05, 0) is 45.6 Å². The molecule has 0 spiro atoms. The van der Waals surface area contributed by atoms with Gasteiger partial charge in [-0.1, -0.05) is 56.5 Å². The van der Waals surface area contributed by atoms with Crippen LogP contribution in [0.15, 0.2) is 30.3 Å². The SMILES string of the molecule is CCCCOc1c(O)nc(CC2(c3ccccc3)CCCC2)nc1C(=O)OC(C)(C)C. The summed E-state index contributed by atoms with van der Waals surface area (Å²) in [6.45, 7) is 7.81. The maximum atomic E-state index is 12.9. The molecule has 1 aromatic heterocycles.